The topological polar surface area (TPSA) is 58.4 Å². The molecule has 0 aliphatic carbocycles. The average Bonchev–Trinajstić information content (AvgIpc) is 2.99. The monoisotopic (exact) mass is 311 g/mol. The zero-order valence-corrected chi connectivity index (χ0v) is 13.6. The van der Waals surface area contributed by atoms with E-state index < -0.39 is 0 Å². The molecule has 0 radical (unpaired) electrons. The highest BCUT2D eigenvalue weighted by molar-refractivity contribution is 7.99. The molecule has 1 aliphatic rings. The van der Waals surface area contributed by atoms with Crippen molar-refractivity contribution in [2.45, 2.75) is 18.2 Å². The Morgan fingerprint density at radius 3 is 3.00 bits per heavy atom. The third-order valence-corrected chi connectivity index (χ3v) is 5.63. The lowest BCUT2D eigenvalue weighted by molar-refractivity contribution is 0.0963. The second-order valence-electron chi connectivity index (χ2n) is 5.02. The predicted octanol–water partition coefficient (Wildman–Crippen LogP) is 2.81. The number of thioether (sulfide) groups is 1. The molecule has 2 heterocycles. The van der Waals surface area contributed by atoms with Crippen LogP contribution in [-0.4, -0.2) is 31.8 Å². The highest BCUT2D eigenvalue weighted by Gasteiger charge is 2.27. The molecule has 2 rings (SSSR count). The van der Waals surface area contributed by atoms with Crippen LogP contribution in [0.4, 0.5) is 10.7 Å². The van der Waals surface area contributed by atoms with Crippen molar-refractivity contribution in [1.29, 1.82) is 0 Å². The van der Waals surface area contributed by atoms with Crippen LogP contribution in [0.25, 0.3) is 0 Å². The van der Waals surface area contributed by atoms with Crippen molar-refractivity contribution in [1.82, 2.24) is 5.32 Å². The van der Waals surface area contributed by atoms with Crippen LogP contribution in [0.15, 0.2) is 17.6 Å². The first kappa shape index (κ1) is 15.3. The number of anilines is 2. The van der Waals surface area contributed by atoms with Crippen LogP contribution in [-0.2, 0) is 0 Å². The molecule has 4 nitrogen and oxygen atoms in total. The molecule has 1 aromatic rings. The fourth-order valence-corrected chi connectivity index (χ4v) is 4.49. The van der Waals surface area contributed by atoms with Crippen LogP contribution >= 0.6 is 23.1 Å². The molecule has 1 atom stereocenters. The minimum atomic E-state index is -0.110. The van der Waals surface area contributed by atoms with Gasteiger partial charge in [-0.3, -0.25) is 4.79 Å². The van der Waals surface area contributed by atoms with E-state index >= 15 is 0 Å². The van der Waals surface area contributed by atoms with Gasteiger partial charge in [-0.15, -0.1) is 29.7 Å². The van der Waals surface area contributed by atoms with E-state index in [1.165, 1.54) is 17.8 Å². The quantitative estimate of drug-likeness (QED) is 0.648. The van der Waals surface area contributed by atoms with Crippen molar-refractivity contribution in [3.63, 3.8) is 0 Å². The maximum Gasteiger partial charge on any atom is 0.263 e. The van der Waals surface area contributed by atoms with Crippen LogP contribution in [0.1, 0.15) is 23.0 Å². The molecule has 6 heteroatoms. The Bertz CT molecular complexity index is 513. The highest BCUT2D eigenvalue weighted by Crippen LogP contribution is 2.45. The largest absolute Gasteiger partial charge is 0.396 e. The molecule has 0 spiro atoms. The van der Waals surface area contributed by atoms with Gasteiger partial charge in [0.2, 0.25) is 0 Å². The van der Waals surface area contributed by atoms with E-state index in [0.717, 1.165) is 23.0 Å². The van der Waals surface area contributed by atoms with Gasteiger partial charge in [0.05, 0.1) is 10.6 Å². The van der Waals surface area contributed by atoms with E-state index in [0.29, 0.717) is 23.0 Å². The number of hydrogen-bond acceptors (Lipinski definition) is 5. The molecular weight excluding hydrogens is 290 g/mol. The number of rotatable bonds is 5. The van der Waals surface area contributed by atoms with E-state index in [2.05, 4.69) is 23.7 Å². The van der Waals surface area contributed by atoms with Gasteiger partial charge in [-0.25, -0.2) is 0 Å². The molecule has 1 aromatic heterocycles. The summed E-state index contributed by atoms with van der Waals surface area (Å²) < 4.78 is 0. The number of hydrogen-bond donors (Lipinski definition) is 2. The van der Waals surface area contributed by atoms with E-state index in [1.807, 2.05) is 6.26 Å². The van der Waals surface area contributed by atoms with Crippen molar-refractivity contribution in [3.05, 3.63) is 17.5 Å². The van der Waals surface area contributed by atoms with Crippen LogP contribution < -0.4 is 16.0 Å². The van der Waals surface area contributed by atoms with Gasteiger partial charge in [-0.1, -0.05) is 13.0 Å². The number of nitrogens with two attached hydrogens (primary N) is 1. The van der Waals surface area contributed by atoms with Gasteiger partial charge in [0.1, 0.15) is 9.88 Å². The minimum Gasteiger partial charge on any atom is -0.396 e. The SMILES string of the molecule is C=CCNC(=O)c1sc(N2CCC(C)C2)c(SC)c1N. The van der Waals surface area contributed by atoms with Gasteiger partial charge in [-0.05, 0) is 18.6 Å². The lowest BCUT2D eigenvalue weighted by atomic mass is 10.2. The maximum atomic E-state index is 12.1. The van der Waals surface area contributed by atoms with Gasteiger partial charge >= 0.3 is 0 Å². The zero-order valence-electron chi connectivity index (χ0n) is 11.9. The summed E-state index contributed by atoms with van der Waals surface area (Å²) in [5, 5.41) is 3.94. The molecule has 1 fully saturated rings. The Morgan fingerprint density at radius 2 is 2.45 bits per heavy atom. The third-order valence-electron chi connectivity index (χ3n) is 3.41. The molecule has 1 amide bonds. The summed E-state index contributed by atoms with van der Waals surface area (Å²) in [6.07, 6.45) is 4.87. The van der Waals surface area contributed by atoms with Crippen molar-refractivity contribution < 1.29 is 4.79 Å². The van der Waals surface area contributed by atoms with Crippen molar-refractivity contribution >= 4 is 39.7 Å². The van der Waals surface area contributed by atoms with Crippen molar-refractivity contribution in [3.8, 4) is 0 Å². The fourth-order valence-electron chi connectivity index (χ4n) is 2.36. The number of thiophene rings is 1. The summed E-state index contributed by atoms with van der Waals surface area (Å²) in [6.45, 7) is 8.41. The molecule has 110 valence electrons. The van der Waals surface area contributed by atoms with E-state index in [9.17, 15) is 4.79 Å². The number of nitrogen functional groups attached to an aromatic ring is 1. The molecule has 3 N–H and O–H groups in total. The molecule has 1 saturated heterocycles. The molecule has 0 saturated carbocycles. The second-order valence-corrected chi connectivity index (χ2v) is 6.84. The Labute approximate surface area is 128 Å². The number of carbonyl (C=O) groups excluding carboxylic acids is 1. The van der Waals surface area contributed by atoms with Gasteiger partial charge in [0.25, 0.3) is 5.91 Å². The first-order chi connectivity index (χ1) is 9.58. The summed E-state index contributed by atoms with van der Waals surface area (Å²) in [5.74, 6) is 0.590. The summed E-state index contributed by atoms with van der Waals surface area (Å²) in [4.78, 5) is 16.1. The van der Waals surface area contributed by atoms with Crippen molar-refractivity contribution in [2.75, 3.05) is 36.5 Å². The molecular formula is C14H21N3OS2. The van der Waals surface area contributed by atoms with E-state index in [4.69, 9.17) is 5.73 Å². The van der Waals surface area contributed by atoms with Crippen LogP contribution in [0.2, 0.25) is 0 Å². The van der Waals surface area contributed by atoms with Crippen LogP contribution in [0.5, 0.6) is 0 Å². The summed E-state index contributed by atoms with van der Waals surface area (Å²) in [6, 6.07) is 0. The van der Waals surface area contributed by atoms with Crippen LogP contribution in [0.3, 0.4) is 0 Å². The number of nitrogens with one attached hydrogen (secondary N) is 1. The standard InChI is InChI=1S/C14H21N3OS2/c1-4-6-16-13(18)11-10(15)12(19-3)14(20-11)17-7-5-9(2)8-17/h4,9H,1,5-8,15H2,2-3H3,(H,16,18). The summed E-state index contributed by atoms with van der Waals surface area (Å²) in [5.41, 5.74) is 6.78. The lowest BCUT2D eigenvalue weighted by Gasteiger charge is -2.17. The third kappa shape index (κ3) is 2.96. The minimum absolute atomic E-state index is 0.110. The summed E-state index contributed by atoms with van der Waals surface area (Å²) >= 11 is 3.12. The zero-order chi connectivity index (χ0) is 14.7. The molecule has 0 aromatic carbocycles. The number of carbonyl (C=O) groups is 1. The van der Waals surface area contributed by atoms with Gasteiger partial charge in [0.15, 0.2) is 0 Å². The average molecular weight is 311 g/mol. The second kappa shape index (κ2) is 6.54. The van der Waals surface area contributed by atoms with Gasteiger partial charge in [-0.2, -0.15) is 0 Å². The first-order valence-electron chi connectivity index (χ1n) is 6.68. The van der Waals surface area contributed by atoms with Crippen molar-refractivity contribution in [2.24, 2.45) is 5.92 Å². The number of nitrogens with zero attached hydrogens (tertiary/aromatic N) is 1. The van der Waals surface area contributed by atoms with Gasteiger partial charge in [0, 0.05) is 19.6 Å². The molecule has 0 bridgehead atoms. The smallest absolute Gasteiger partial charge is 0.263 e. The van der Waals surface area contributed by atoms with Gasteiger partial charge < -0.3 is 16.0 Å². The fraction of sp³-hybridized carbons (Fsp3) is 0.500. The van der Waals surface area contributed by atoms with Crippen LogP contribution in [0, 0.1) is 5.92 Å². The molecule has 1 unspecified atom stereocenters. The lowest BCUT2D eigenvalue weighted by Crippen LogP contribution is -2.23. The Hall–Kier alpha value is -1.14. The predicted molar refractivity (Wildman–Crippen MR) is 89.0 cm³/mol. The Balaban J connectivity index is 2.29. The highest BCUT2D eigenvalue weighted by atomic mass is 32.2. The Morgan fingerprint density at radius 1 is 1.70 bits per heavy atom. The first-order valence-corrected chi connectivity index (χ1v) is 8.72. The molecule has 1 aliphatic heterocycles. The van der Waals surface area contributed by atoms with E-state index in [-0.39, 0.29) is 5.91 Å². The number of amides is 1. The summed E-state index contributed by atoms with van der Waals surface area (Å²) in [7, 11) is 0. The Kier molecular flexibility index (Phi) is 4.99. The normalized spacial score (nSPS) is 18.3. The van der Waals surface area contributed by atoms with E-state index in [1.54, 1.807) is 17.8 Å². The maximum absolute atomic E-state index is 12.1. The molecule has 20 heavy (non-hydrogen) atoms.